The highest BCUT2D eigenvalue weighted by Crippen LogP contribution is 2.26. The number of rotatable bonds is 11. The second-order valence-corrected chi connectivity index (χ2v) is 10.5. The summed E-state index contributed by atoms with van der Waals surface area (Å²) in [7, 11) is -3.88. The van der Waals surface area contributed by atoms with E-state index in [-0.39, 0.29) is 30.0 Å². The van der Waals surface area contributed by atoms with Crippen molar-refractivity contribution in [2.45, 2.75) is 65.5 Å². The molecule has 0 radical (unpaired) electrons. The van der Waals surface area contributed by atoms with E-state index < -0.39 is 10.0 Å². The standard InChI is InChI=1S/C25H36N2O4S/c1-18(2)31-13-7-12-26-24(28)17-27(16-23-10-8-19(3)9-11-23)32(29,30)25-21(5)14-20(4)15-22(25)6/h8-11,14-15,18H,7,12-13,16-17H2,1-6H3,(H,26,28). The average molecular weight is 461 g/mol. The summed E-state index contributed by atoms with van der Waals surface area (Å²) in [5.74, 6) is -0.326. The second kappa shape index (κ2) is 11.6. The molecular weight excluding hydrogens is 424 g/mol. The third-order valence-electron chi connectivity index (χ3n) is 5.10. The number of nitrogens with one attached hydrogen (secondary N) is 1. The Balaban J connectivity index is 2.24. The van der Waals surface area contributed by atoms with Crippen LogP contribution in [0.15, 0.2) is 41.3 Å². The Kier molecular flexibility index (Phi) is 9.43. The maximum absolute atomic E-state index is 13.7. The Labute approximate surface area is 193 Å². The van der Waals surface area contributed by atoms with Crippen LogP contribution in [0, 0.1) is 27.7 Å². The third-order valence-corrected chi connectivity index (χ3v) is 7.19. The van der Waals surface area contributed by atoms with Crippen LogP contribution < -0.4 is 5.32 Å². The van der Waals surface area contributed by atoms with Crippen LogP contribution in [-0.4, -0.2) is 44.4 Å². The number of amides is 1. The lowest BCUT2D eigenvalue weighted by Crippen LogP contribution is -2.41. The molecule has 0 saturated heterocycles. The first-order valence-electron chi connectivity index (χ1n) is 11.0. The van der Waals surface area contributed by atoms with E-state index in [1.807, 2.05) is 64.1 Å². The van der Waals surface area contributed by atoms with Crippen LogP contribution in [0.5, 0.6) is 0 Å². The highest BCUT2D eigenvalue weighted by molar-refractivity contribution is 7.89. The summed E-state index contributed by atoms with van der Waals surface area (Å²) < 4.78 is 34.1. The van der Waals surface area contributed by atoms with Crippen molar-refractivity contribution < 1.29 is 17.9 Å². The summed E-state index contributed by atoms with van der Waals surface area (Å²) in [6.45, 7) is 12.3. The van der Waals surface area contributed by atoms with Gasteiger partial charge in [0.1, 0.15) is 0 Å². The van der Waals surface area contributed by atoms with Gasteiger partial charge in [0.25, 0.3) is 0 Å². The topological polar surface area (TPSA) is 75.7 Å². The minimum absolute atomic E-state index is 0.124. The van der Waals surface area contributed by atoms with E-state index in [0.717, 1.165) is 16.7 Å². The summed E-state index contributed by atoms with van der Waals surface area (Å²) in [5.41, 5.74) is 4.30. The number of carbonyl (C=O) groups excluding carboxylic acids is 1. The van der Waals surface area contributed by atoms with Gasteiger partial charge < -0.3 is 10.1 Å². The van der Waals surface area contributed by atoms with Gasteiger partial charge in [0.2, 0.25) is 15.9 Å². The van der Waals surface area contributed by atoms with Gasteiger partial charge in [-0.25, -0.2) is 8.42 Å². The Morgan fingerprint density at radius 1 is 1.00 bits per heavy atom. The van der Waals surface area contributed by atoms with Gasteiger partial charge in [0.05, 0.1) is 17.5 Å². The molecule has 0 heterocycles. The molecule has 0 aromatic heterocycles. The Bertz CT molecular complexity index is 992. The summed E-state index contributed by atoms with van der Waals surface area (Å²) in [6.07, 6.45) is 0.812. The monoisotopic (exact) mass is 460 g/mol. The van der Waals surface area contributed by atoms with Crippen LogP contribution in [0.2, 0.25) is 0 Å². The molecule has 1 N–H and O–H groups in total. The predicted octanol–water partition coefficient (Wildman–Crippen LogP) is 4.04. The molecule has 0 spiro atoms. The van der Waals surface area contributed by atoms with Gasteiger partial charge in [-0.05, 0) is 64.7 Å². The van der Waals surface area contributed by atoms with E-state index in [0.29, 0.717) is 30.7 Å². The molecule has 2 rings (SSSR count). The molecule has 2 aromatic rings. The molecule has 0 aliphatic rings. The number of hydrogen-bond acceptors (Lipinski definition) is 4. The van der Waals surface area contributed by atoms with Gasteiger partial charge >= 0.3 is 0 Å². The zero-order valence-electron chi connectivity index (χ0n) is 20.1. The van der Waals surface area contributed by atoms with E-state index in [2.05, 4.69) is 5.32 Å². The summed E-state index contributed by atoms with van der Waals surface area (Å²) >= 11 is 0. The molecule has 0 saturated carbocycles. The predicted molar refractivity (Wildman–Crippen MR) is 128 cm³/mol. The van der Waals surface area contributed by atoms with Crippen LogP contribution in [0.25, 0.3) is 0 Å². The zero-order chi connectivity index (χ0) is 23.9. The van der Waals surface area contributed by atoms with Gasteiger partial charge in [-0.1, -0.05) is 47.5 Å². The molecule has 0 atom stereocenters. The average Bonchev–Trinajstić information content (AvgIpc) is 2.67. The smallest absolute Gasteiger partial charge is 0.244 e. The molecule has 0 unspecified atom stereocenters. The van der Waals surface area contributed by atoms with Crippen molar-refractivity contribution in [3.05, 3.63) is 64.2 Å². The number of sulfonamides is 1. The van der Waals surface area contributed by atoms with Gasteiger partial charge in [-0.3, -0.25) is 4.79 Å². The third kappa shape index (κ3) is 7.43. The molecule has 6 nitrogen and oxygen atoms in total. The minimum Gasteiger partial charge on any atom is -0.379 e. The SMILES string of the molecule is Cc1ccc(CN(CC(=O)NCCCOC(C)C)S(=O)(=O)c2c(C)cc(C)cc2C)cc1. The first kappa shape index (κ1) is 26.0. The fraction of sp³-hybridized carbons (Fsp3) is 0.480. The van der Waals surface area contributed by atoms with E-state index in [4.69, 9.17) is 4.74 Å². The van der Waals surface area contributed by atoms with Crippen LogP contribution >= 0.6 is 0 Å². The van der Waals surface area contributed by atoms with Gasteiger partial charge in [-0.2, -0.15) is 4.31 Å². The molecule has 0 aliphatic carbocycles. The fourth-order valence-corrected chi connectivity index (χ4v) is 5.46. The second-order valence-electron chi connectivity index (χ2n) is 8.61. The summed E-state index contributed by atoms with van der Waals surface area (Å²) in [6, 6.07) is 11.4. The lowest BCUT2D eigenvalue weighted by Gasteiger charge is -2.24. The van der Waals surface area contributed by atoms with Crippen LogP contribution in [0.3, 0.4) is 0 Å². The molecule has 0 bridgehead atoms. The van der Waals surface area contributed by atoms with Gasteiger partial charge in [0, 0.05) is 19.7 Å². The van der Waals surface area contributed by atoms with Crippen LogP contribution in [-0.2, 0) is 26.1 Å². The quantitative estimate of drug-likeness (QED) is 0.514. The normalized spacial score (nSPS) is 11.9. The number of benzene rings is 2. The number of nitrogens with zero attached hydrogens (tertiary/aromatic N) is 1. The van der Waals surface area contributed by atoms with Crippen molar-refractivity contribution >= 4 is 15.9 Å². The molecule has 0 fully saturated rings. The Hall–Kier alpha value is -2.22. The highest BCUT2D eigenvalue weighted by Gasteiger charge is 2.29. The Morgan fingerprint density at radius 3 is 2.16 bits per heavy atom. The van der Waals surface area contributed by atoms with Crippen LogP contribution in [0.1, 0.15) is 48.1 Å². The van der Waals surface area contributed by atoms with Crippen molar-refractivity contribution in [1.82, 2.24) is 9.62 Å². The van der Waals surface area contributed by atoms with Gasteiger partial charge in [-0.15, -0.1) is 0 Å². The van der Waals surface area contributed by atoms with Crippen molar-refractivity contribution in [3.8, 4) is 0 Å². The summed E-state index contributed by atoms with van der Waals surface area (Å²) in [4.78, 5) is 12.9. The van der Waals surface area contributed by atoms with Crippen LogP contribution in [0.4, 0.5) is 0 Å². The first-order chi connectivity index (χ1) is 15.0. The number of aryl methyl sites for hydroxylation is 4. The number of carbonyl (C=O) groups is 1. The minimum atomic E-state index is -3.88. The fourth-order valence-electron chi connectivity index (χ4n) is 3.66. The highest BCUT2D eigenvalue weighted by atomic mass is 32.2. The lowest BCUT2D eigenvalue weighted by molar-refractivity contribution is -0.121. The van der Waals surface area contributed by atoms with E-state index in [1.54, 1.807) is 13.8 Å². The Morgan fingerprint density at radius 2 is 1.59 bits per heavy atom. The maximum Gasteiger partial charge on any atom is 0.244 e. The number of ether oxygens (including phenoxy) is 1. The van der Waals surface area contributed by atoms with Crippen molar-refractivity contribution in [3.63, 3.8) is 0 Å². The molecular formula is C25H36N2O4S. The van der Waals surface area contributed by atoms with E-state index >= 15 is 0 Å². The molecule has 176 valence electrons. The van der Waals surface area contributed by atoms with E-state index in [9.17, 15) is 13.2 Å². The largest absolute Gasteiger partial charge is 0.379 e. The van der Waals surface area contributed by atoms with Gasteiger partial charge in [0.15, 0.2) is 0 Å². The lowest BCUT2D eigenvalue weighted by atomic mass is 10.1. The molecule has 1 amide bonds. The molecule has 2 aromatic carbocycles. The summed E-state index contributed by atoms with van der Waals surface area (Å²) in [5, 5.41) is 2.82. The molecule has 7 heteroatoms. The first-order valence-corrected chi connectivity index (χ1v) is 12.5. The van der Waals surface area contributed by atoms with Crippen molar-refractivity contribution in [1.29, 1.82) is 0 Å². The van der Waals surface area contributed by atoms with Crippen molar-refractivity contribution in [2.75, 3.05) is 19.7 Å². The number of hydrogen-bond donors (Lipinski definition) is 1. The maximum atomic E-state index is 13.7. The van der Waals surface area contributed by atoms with Crippen molar-refractivity contribution in [2.24, 2.45) is 0 Å². The molecule has 0 aliphatic heterocycles. The zero-order valence-corrected chi connectivity index (χ0v) is 20.9. The van der Waals surface area contributed by atoms with E-state index in [1.165, 1.54) is 4.31 Å². The molecule has 32 heavy (non-hydrogen) atoms.